The monoisotopic (exact) mass is 393 g/mol. The lowest BCUT2D eigenvalue weighted by atomic mass is 10.1. The summed E-state index contributed by atoms with van der Waals surface area (Å²) in [5.41, 5.74) is 1.89. The van der Waals surface area contributed by atoms with Gasteiger partial charge in [0, 0.05) is 43.3 Å². The fourth-order valence-electron chi connectivity index (χ4n) is 3.39. The molecule has 3 aromatic rings. The van der Waals surface area contributed by atoms with Crippen LogP contribution in [-0.2, 0) is 0 Å². The summed E-state index contributed by atoms with van der Waals surface area (Å²) in [5.74, 6) is -0.370. The number of hydrogen-bond acceptors (Lipinski definition) is 6. The highest BCUT2D eigenvalue weighted by Gasteiger charge is 2.27. The second kappa shape index (κ2) is 8.22. The topological polar surface area (TPSA) is 80.2 Å². The van der Waals surface area contributed by atoms with Crippen LogP contribution in [0.4, 0.5) is 10.3 Å². The SMILES string of the molecule is COc1c(F)cccc1C(=O)NC1CCN(c2nccc(-c3cccnc3)n2)C1. The molecule has 0 radical (unpaired) electrons. The van der Waals surface area contributed by atoms with Crippen LogP contribution in [0.15, 0.2) is 55.0 Å². The summed E-state index contributed by atoms with van der Waals surface area (Å²) >= 11 is 0. The predicted molar refractivity (Wildman–Crippen MR) is 106 cm³/mol. The Bertz CT molecular complexity index is 1010. The van der Waals surface area contributed by atoms with Crippen LogP contribution >= 0.6 is 0 Å². The summed E-state index contributed by atoms with van der Waals surface area (Å²) in [5, 5.41) is 2.95. The molecule has 1 aliphatic heterocycles. The van der Waals surface area contributed by atoms with Crippen molar-refractivity contribution >= 4 is 11.9 Å². The summed E-state index contributed by atoms with van der Waals surface area (Å²) in [6.45, 7) is 1.28. The highest BCUT2D eigenvalue weighted by Crippen LogP contribution is 2.24. The number of methoxy groups -OCH3 is 1. The first-order valence-electron chi connectivity index (χ1n) is 9.27. The number of hydrogen-bond donors (Lipinski definition) is 1. The van der Waals surface area contributed by atoms with Crippen LogP contribution in [0.1, 0.15) is 16.8 Å². The normalized spacial score (nSPS) is 15.9. The Morgan fingerprint density at radius 1 is 1.24 bits per heavy atom. The smallest absolute Gasteiger partial charge is 0.255 e. The van der Waals surface area contributed by atoms with Gasteiger partial charge in [-0.25, -0.2) is 14.4 Å². The zero-order valence-electron chi connectivity index (χ0n) is 15.9. The molecule has 0 bridgehead atoms. The van der Waals surface area contributed by atoms with Gasteiger partial charge < -0.3 is 15.0 Å². The van der Waals surface area contributed by atoms with E-state index in [1.807, 2.05) is 23.1 Å². The molecule has 1 aromatic carbocycles. The zero-order chi connectivity index (χ0) is 20.2. The molecule has 2 aromatic heterocycles. The molecule has 1 unspecified atom stereocenters. The first-order chi connectivity index (χ1) is 14.2. The van der Waals surface area contributed by atoms with Gasteiger partial charge in [-0.15, -0.1) is 0 Å². The van der Waals surface area contributed by atoms with Crippen molar-refractivity contribution in [1.82, 2.24) is 20.3 Å². The number of nitrogens with one attached hydrogen (secondary N) is 1. The van der Waals surface area contributed by atoms with Crippen molar-refractivity contribution < 1.29 is 13.9 Å². The minimum Gasteiger partial charge on any atom is -0.493 e. The average Bonchev–Trinajstić information content (AvgIpc) is 3.23. The number of ether oxygens (including phenoxy) is 1. The number of carbonyl (C=O) groups excluding carboxylic acids is 1. The van der Waals surface area contributed by atoms with Crippen molar-refractivity contribution in [2.45, 2.75) is 12.5 Å². The van der Waals surface area contributed by atoms with E-state index in [-0.39, 0.29) is 23.3 Å². The van der Waals surface area contributed by atoms with E-state index in [0.29, 0.717) is 19.0 Å². The summed E-state index contributed by atoms with van der Waals surface area (Å²) < 4.78 is 18.9. The van der Waals surface area contributed by atoms with E-state index in [1.165, 1.54) is 19.2 Å². The first-order valence-corrected chi connectivity index (χ1v) is 9.27. The molecule has 1 aliphatic rings. The van der Waals surface area contributed by atoms with Crippen LogP contribution in [0.2, 0.25) is 0 Å². The molecule has 1 saturated heterocycles. The maximum absolute atomic E-state index is 13.9. The molecule has 3 heterocycles. The summed E-state index contributed by atoms with van der Waals surface area (Å²) in [6.07, 6.45) is 5.93. The Labute approximate surface area is 167 Å². The maximum atomic E-state index is 13.9. The molecule has 7 nitrogen and oxygen atoms in total. The molecule has 0 saturated carbocycles. The van der Waals surface area contributed by atoms with E-state index < -0.39 is 5.82 Å². The number of anilines is 1. The molecular weight excluding hydrogens is 373 g/mol. The number of halogens is 1. The molecular formula is C21H20FN5O2. The van der Waals surface area contributed by atoms with E-state index in [2.05, 4.69) is 20.3 Å². The van der Waals surface area contributed by atoms with Crippen LogP contribution in [-0.4, -0.2) is 47.1 Å². The van der Waals surface area contributed by atoms with Gasteiger partial charge in [0.1, 0.15) is 0 Å². The number of carbonyl (C=O) groups is 1. The fraction of sp³-hybridized carbons (Fsp3) is 0.238. The van der Waals surface area contributed by atoms with Gasteiger partial charge in [0.05, 0.1) is 18.4 Å². The number of aromatic nitrogens is 3. The van der Waals surface area contributed by atoms with Gasteiger partial charge in [0.25, 0.3) is 5.91 Å². The van der Waals surface area contributed by atoms with E-state index in [0.717, 1.165) is 17.7 Å². The minimum absolute atomic E-state index is 0.0487. The molecule has 148 valence electrons. The summed E-state index contributed by atoms with van der Waals surface area (Å²) in [4.78, 5) is 27.7. The molecule has 0 aliphatic carbocycles. The number of pyridine rings is 1. The first kappa shape index (κ1) is 18.8. The largest absolute Gasteiger partial charge is 0.493 e. The molecule has 4 rings (SSSR count). The van der Waals surface area contributed by atoms with Crippen LogP contribution in [0.5, 0.6) is 5.75 Å². The van der Waals surface area contributed by atoms with Crippen molar-refractivity contribution in [2.75, 3.05) is 25.1 Å². The van der Waals surface area contributed by atoms with Gasteiger partial charge in [-0.2, -0.15) is 0 Å². The molecule has 29 heavy (non-hydrogen) atoms. The third kappa shape index (κ3) is 4.01. The Morgan fingerprint density at radius 2 is 2.14 bits per heavy atom. The molecule has 1 fully saturated rings. The van der Waals surface area contributed by atoms with Crippen molar-refractivity contribution in [3.05, 3.63) is 66.4 Å². The van der Waals surface area contributed by atoms with E-state index in [9.17, 15) is 9.18 Å². The number of benzene rings is 1. The van der Waals surface area contributed by atoms with Crippen LogP contribution in [0.3, 0.4) is 0 Å². The van der Waals surface area contributed by atoms with Gasteiger partial charge in [-0.1, -0.05) is 6.07 Å². The number of para-hydroxylation sites is 1. The highest BCUT2D eigenvalue weighted by molar-refractivity contribution is 5.97. The van der Waals surface area contributed by atoms with Gasteiger partial charge in [-0.3, -0.25) is 9.78 Å². The Hall–Kier alpha value is -3.55. The Balaban J connectivity index is 1.45. The Morgan fingerprint density at radius 3 is 2.93 bits per heavy atom. The predicted octanol–water partition coefficient (Wildman–Crippen LogP) is 2.70. The van der Waals surface area contributed by atoms with Crippen molar-refractivity contribution in [3.8, 4) is 17.0 Å². The van der Waals surface area contributed by atoms with Crippen LogP contribution in [0, 0.1) is 5.82 Å². The van der Waals surface area contributed by atoms with E-state index >= 15 is 0 Å². The summed E-state index contributed by atoms with van der Waals surface area (Å²) in [6, 6.07) is 9.85. The molecule has 0 spiro atoms. The Kier molecular flexibility index (Phi) is 5.33. The van der Waals surface area contributed by atoms with Gasteiger partial charge >= 0.3 is 0 Å². The third-order valence-corrected chi connectivity index (χ3v) is 4.82. The lowest BCUT2D eigenvalue weighted by Gasteiger charge is -2.18. The van der Waals surface area contributed by atoms with E-state index in [1.54, 1.807) is 24.7 Å². The van der Waals surface area contributed by atoms with Crippen LogP contribution in [0.25, 0.3) is 11.3 Å². The molecule has 8 heteroatoms. The number of rotatable bonds is 5. The van der Waals surface area contributed by atoms with Crippen molar-refractivity contribution in [1.29, 1.82) is 0 Å². The lowest BCUT2D eigenvalue weighted by molar-refractivity contribution is 0.0936. The fourth-order valence-corrected chi connectivity index (χ4v) is 3.39. The van der Waals surface area contributed by atoms with Gasteiger partial charge in [0.2, 0.25) is 5.95 Å². The third-order valence-electron chi connectivity index (χ3n) is 4.82. The molecule has 1 N–H and O–H groups in total. The average molecular weight is 393 g/mol. The quantitative estimate of drug-likeness (QED) is 0.718. The van der Waals surface area contributed by atoms with Crippen molar-refractivity contribution in [3.63, 3.8) is 0 Å². The molecule has 1 atom stereocenters. The highest BCUT2D eigenvalue weighted by atomic mass is 19.1. The second-order valence-corrected chi connectivity index (χ2v) is 6.71. The minimum atomic E-state index is -0.561. The second-order valence-electron chi connectivity index (χ2n) is 6.71. The molecule has 1 amide bonds. The lowest BCUT2D eigenvalue weighted by Crippen LogP contribution is -2.37. The van der Waals surface area contributed by atoms with Crippen LogP contribution < -0.4 is 15.0 Å². The number of amides is 1. The van der Waals surface area contributed by atoms with E-state index in [4.69, 9.17) is 4.74 Å². The van der Waals surface area contributed by atoms with Crippen molar-refractivity contribution in [2.24, 2.45) is 0 Å². The summed E-state index contributed by atoms with van der Waals surface area (Å²) in [7, 11) is 1.35. The van der Waals surface area contributed by atoms with Gasteiger partial charge in [0.15, 0.2) is 11.6 Å². The number of nitrogens with zero attached hydrogens (tertiary/aromatic N) is 4. The standard InChI is InChI=1S/C21H20FN5O2/c1-29-19-16(5-2-6-17(19)22)20(28)25-15-8-11-27(13-15)21-24-10-7-18(26-21)14-4-3-9-23-12-14/h2-7,9-10,12,15H,8,11,13H2,1H3,(H,25,28). The maximum Gasteiger partial charge on any atom is 0.255 e. The zero-order valence-corrected chi connectivity index (χ0v) is 15.9. The van der Waals surface area contributed by atoms with Gasteiger partial charge in [-0.05, 0) is 36.8 Å².